The largest absolute Gasteiger partial charge is 0.381 e. The molecule has 19 heavy (non-hydrogen) atoms. The third-order valence-electron chi connectivity index (χ3n) is 4.81. The molecule has 114 valence electrons. The first-order chi connectivity index (χ1) is 9.26. The normalized spacial score (nSPS) is 27.6. The lowest BCUT2D eigenvalue weighted by atomic mass is 9.68. The molecule has 0 aromatic heterocycles. The van der Waals surface area contributed by atoms with Crippen molar-refractivity contribution in [3.8, 4) is 0 Å². The van der Waals surface area contributed by atoms with E-state index in [1.54, 1.807) is 0 Å². The van der Waals surface area contributed by atoms with Crippen molar-refractivity contribution in [2.75, 3.05) is 26.8 Å². The lowest BCUT2D eigenvalue weighted by molar-refractivity contribution is 0.0623. The molecule has 1 N–H and O–H groups in total. The Labute approximate surface area is 120 Å². The van der Waals surface area contributed by atoms with Crippen molar-refractivity contribution in [3.63, 3.8) is 0 Å². The van der Waals surface area contributed by atoms with E-state index in [0.717, 1.165) is 25.6 Å². The molecule has 0 heterocycles. The minimum Gasteiger partial charge on any atom is -0.381 e. The Balaban J connectivity index is 2.33. The Morgan fingerprint density at radius 3 is 2.42 bits per heavy atom. The standard InChI is InChI=1S/C17H35NO/c1-4-6-7-16-8-10-17(11-9-16,15-18-3)12-14-19-13-5-2/h16,18H,4-15H2,1-3H3. The van der Waals surface area contributed by atoms with Gasteiger partial charge in [-0.25, -0.2) is 0 Å². The summed E-state index contributed by atoms with van der Waals surface area (Å²) < 4.78 is 5.72. The van der Waals surface area contributed by atoms with Crippen LogP contribution in [0.15, 0.2) is 0 Å². The summed E-state index contributed by atoms with van der Waals surface area (Å²) in [5.41, 5.74) is 0.519. The average Bonchev–Trinajstić information content (AvgIpc) is 2.44. The van der Waals surface area contributed by atoms with Crippen LogP contribution in [0.3, 0.4) is 0 Å². The number of hydrogen-bond donors (Lipinski definition) is 1. The van der Waals surface area contributed by atoms with E-state index in [-0.39, 0.29) is 0 Å². The van der Waals surface area contributed by atoms with Gasteiger partial charge in [-0.05, 0) is 56.9 Å². The summed E-state index contributed by atoms with van der Waals surface area (Å²) in [5, 5.41) is 3.42. The summed E-state index contributed by atoms with van der Waals surface area (Å²) in [6.07, 6.45) is 12.3. The number of nitrogens with one attached hydrogen (secondary N) is 1. The van der Waals surface area contributed by atoms with Gasteiger partial charge in [0.15, 0.2) is 0 Å². The highest BCUT2D eigenvalue weighted by atomic mass is 16.5. The molecule has 0 radical (unpaired) electrons. The number of rotatable bonds is 10. The Hall–Kier alpha value is -0.0800. The number of unbranched alkanes of at least 4 members (excludes halogenated alkanes) is 1. The Morgan fingerprint density at radius 2 is 1.84 bits per heavy atom. The van der Waals surface area contributed by atoms with E-state index in [9.17, 15) is 0 Å². The van der Waals surface area contributed by atoms with Crippen molar-refractivity contribution >= 4 is 0 Å². The first-order valence-corrected chi connectivity index (χ1v) is 8.48. The molecular weight excluding hydrogens is 234 g/mol. The highest BCUT2D eigenvalue weighted by Crippen LogP contribution is 2.42. The van der Waals surface area contributed by atoms with Crippen molar-refractivity contribution in [2.24, 2.45) is 11.3 Å². The molecule has 1 aliphatic rings. The molecule has 0 spiro atoms. The summed E-state index contributed by atoms with van der Waals surface area (Å²) in [6.45, 7) is 7.54. The van der Waals surface area contributed by atoms with E-state index < -0.39 is 0 Å². The van der Waals surface area contributed by atoms with Gasteiger partial charge in [-0.1, -0.05) is 33.1 Å². The zero-order valence-corrected chi connectivity index (χ0v) is 13.5. The molecule has 0 aliphatic heterocycles. The predicted octanol–water partition coefficient (Wildman–Crippen LogP) is 4.39. The summed E-state index contributed by atoms with van der Waals surface area (Å²) >= 11 is 0. The van der Waals surface area contributed by atoms with Crippen LogP contribution in [-0.2, 0) is 4.74 Å². The van der Waals surface area contributed by atoms with E-state index >= 15 is 0 Å². The predicted molar refractivity (Wildman–Crippen MR) is 83.6 cm³/mol. The summed E-state index contributed by atoms with van der Waals surface area (Å²) in [5.74, 6) is 1.00. The molecule has 0 atom stereocenters. The monoisotopic (exact) mass is 269 g/mol. The quantitative estimate of drug-likeness (QED) is 0.594. The first kappa shape index (κ1) is 17.0. The van der Waals surface area contributed by atoms with Crippen molar-refractivity contribution in [2.45, 2.75) is 71.6 Å². The fraction of sp³-hybridized carbons (Fsp3) is 1.00. The minimum absolute atomic E-state index is 0.519. The van der Waals surface area contributed by atoms with Gasteiger partial charge in [-0.3, -0.25) is 0 Å². The van der Waals surface area contributed by atoms with E-state index in [1.165, 1.54) is 57.9 Å². The fourth-order valence-electron chi connectivity index (χ4n) is 3.50. The first-order valence-electron chi connectivity index (χ1n) is 8.48. The fourth-order valence-corrected chi connectivity index (χ4v) is 3.50. The second kappa shape index (κ2) is 9.77. The van der Waals surface area contributed by atoms with Gasteiger partial charge in [0.2, 0.25) is 0 Å². The number of ether oxygens (including phenoxy) is 1. The molecule has 0 aromatic rings. The topological polar surface area (TPSA) is 21.3 Å². The molecule has 1 aliphatic carbocycles. The molecular formula is C17H35NO. The van der Waals surface area contributed by atoms with Crippen molar-refractivity contribution in [3.05, 3.63) is 0 Å². The van der Waals surface area contributed by atoms with E-state index in [0.29, 0.717) is 5.41 Å². The Bertz CT molecular complexity index is 209. The zero-order chi connectivity index (χ0) is 14.0. The third kappa shape index (κ3) is 6.27. The summed E-state index contributed by atoms with van der Waals surface area (Å²) in [7, 11) is 2.10. The molecule has 0 saturated heterocycles. The molecule has 0 bridgehead atoms. The van der Waals surface area contributed by atoms with Crippen LogP contribution in [0, 0.1) is 11.3 Å². The zero-order valence-electron chi connectivity index (χ0n) is 13.5. The molecule has 1 rings (SSSR count). The maximum atomic E-state index is 5.72. The van der Waals surface area contributed by atoms with Gasteiger partial charge in [-0.2, -0.15) is 0 Å². The second-order valence-electron chi connectivity index (χ2n) is 6.48. The smallest absolute Gasteiger partial charge is 0.0471 e. The second-order valence-corrected chi connectivity index (χ2v) is 6.48. The van der Waals surface area contributed by atoms with Crippen LogP contribution in [0.25, 0.3) is 0 Å². The maximum absolute atomic E-state index is 5.72. The Kier molecular flexibility index (Phi) is 8.72. The lowest BCUT2D eigenvalue weighted by Crippen LogP contribution is -2.37. The van der Waals surface area contributed by atoms with Crippen molar-refractivity contribution < 1.29 is 4.74 Å². The minimum atomic E-state index is 0.519. The summed E-state index contributed by atoms with van der Waals surface area (Å²) in [6, 6.07) is 0. The molecule has 1 saturated carbocycles. The van der Waals surface area contributed by atoms with Crippen LogP contribution < -0.4 is 5.32 Å². The van der Waals surface area contributed by atoms with Crippen molar-refractivity contribution in [1.82, 2.24) is 5.32 Å². The van der Waals surface area contributed by atoms with Gasteiger partial charge in [0.05, 0.1) is 0 Å². The van der Waals surface area contributed by atoms with Crippen LogP contribution >= 0.6 is 0 Å². The van der Waals surface area contributed by atoms with Gasteiger partial charge in [0.25, 0.3) is 0 Å². The maximum Gasteiger partial charge on any atom is 0.0471 e. The van der Waals surface area contributed by atoms with E-state index in [4.69, 9.17) is 4.74 Å². The van der Waals surface area contributed by atoms with Crippen LogP contribution in [0.4, 0.5) is 0 Å². The van der Waals surface area contributed by atoms with Crippen LogP contribution in [0.2, 0.25) is 0 Å². The van der Waals surface area contributed by atoms with E-state index in [1.807, 2.05) is 0 Å². The van der Waals surface area contributed by atoms with Crippen LogP contribution in [-0.4, -0.2) is 26.8 Å². The molecule has 2 nitrogen and oxygen atoms in total. The highest BCUT2D eigenvalue weighted by molar-refractivity contribution is 4.87. The van der Waals surface area contributed by atoms with Gasteiger partial charge in [0.1, 0.15) is 0 Å². The van der Waals surface area contributed by atoms with Gasteiger partial charge in [0, 0.05) is 19.8 Å². The molecule has 0 unspecified atom stereocenters. The van der Waals surface area contributed by atoms with Crippen LogP contribution in [0.5, 0.6) is 0 Å². The van der Waals surface area contributed by atoms with Crippen LogP contribution in [0.1, 0.15) is 71.6 Å². The van der Waals surface area contributed by atoms with Gasteiger partial charge >= 0.3 is 0 Å². The van der Waals surface area contributed by atoms with Gasteiger partial charge in [-0.15, -0.1) is 0 Å². The highest BCUT2D eigenvalue weighted by Gasteiger charge is 2.34. The summed E-state index contributed by atoms with van der Waals surface area (Å²) in [4.78, 5) is 0. The average molecular weight is 269 g/mol. The third-order valence-corrected chi connectivity index (χ3v) is 4.81. The van der Waals surface area contributed by atoms with E-state index in [2.05, 4.69) is 26.2 Å². The molecule has 0 aromatic carbocycles. The molecule has 2 heteroatoms. The number of hydrogen-bond acceptors (Lipinski definition) is 2. The van der Waals surface area contributed by atoms with Crippen molar-refractivity contribution in [1.29, 1.82) is 0 Å². The Morgan fingerprint density at radius 1 is 1.11 bits per heavy atom. The van der Waals surface area contributed by atoms with Gasteiger partial charge < -0.3 is 10.1 Å². The molecule has 0 amide bonds. The SMILES string of the molecule is CCCCC1CCC(CCOCCC)(CNC)CC1. The molecule has 1 fully saturated rings. The lowest BCUT2D eigenvalue weighted by Gasteiger charge is -2.40.